The summed E-state index contributed by atoms with van der Waals surface area (Å²) in [6.45, 7) is 0. The average Bonchev–Trinajstić information content (AvgIpc) is 3.52. The molecule has 0 radical (unpaired) electrons. The number of carbonyl (C=O) groups excluding carboxylic acids is 2. The highest BCUT2D eigenvalue weighted by Crippen LogP contribution is 2.45. The molecule has 3 N–H and O–H groups in total. The smallest absolute Gasteiger partial charge is 0.257 e. The van der Waals surface area contributed by atoms with Crippen LogP contribution in [0.2, 0.25) is 5.02 Å². The van der Waals surface area contributed by atoms with Gasteiger partial charge in [0.2, 0.25) is 5.91 Å². The number of H-pyrrole nitrogens is 1. The zero-order valence-corrected chi connectivity index (χ0v) is 18.1. The van der Waals surface area contributed by atoms with Crippen molar-refractivity contribution in [3.05, 3.63) is 77.3 Å². The third-order valence-corrected chi connectivity index (χ3v) is 6.00. The quantitative estimate of drug-likeness (QED) is 0.375. The summed E-state index contributed by atoms with van der Waals surface area (Å²) >= 11 is 6.09. The monoisotopic (exact) mass is 455 g/mol. The van der Waals surface area contributed by atoms with Crippen molar-refractivity contribution in [2.45, 2.75) is 12.8 Å². The number of nitrogens with one attached hydrogen (secondary N) is 3. The molecule has 1 aromatic heterocycles. The summed E-state index contributed by atoms with van der Waals surface area (Å²) in [7, 11) is 0. The molecule has 5 rings (SSSR count). The van der Waals surface area contributed by atoms with Gasteiger partial charge in [0.05, 0.1) is 27.7 Å². The van der Waals surface area contributed by atoms with E-state index in [0.29, 0.717) is 40.6 Å². The van der Waals surface area contributed by atoms with Crippen molar-refractivity contribution in [1.82, 2.24) is 9.97 Å². The number of aromatic nitrogens is 2. The number of anilines is 2. The molecule has 3 aromatic carbocycles. The van der Waals surface area contributed by atoms with Gasteiger partial charge in [0.15, 0.2) is 0 Å². The van der Waals surface area contributed by atoms with Gasteiger partial charge in [-0.2, -0.15) is 5.26 Å². The summed E-state index contributed by atoms with van der Waals surface area (Å²) in [4.78, 5) is 32.6. The number of carbonyl (C=O) groups is 2. The molecule has 4 aromatic rings. The Morgan fingerprint density at radius 3 is 2.42 bits per heavy atom. The Bertz CT molecular complexity index is 1430. The highest BCUT2D eigenvalue weighted by molar-refractivity contribution is 6.34. The van der Waals surface area contributed by atoms with Crippen LogP contribution in [-0.4, -0.2) is 21.8 Å². The maximum absolute atomic E-state index is 12.4. The number of amides is 2. The standard InChI is InChI=1S/C25H18ClN5O2/c26-19-4-2-1-3-18(19)23(32)28-16-7-5-15(6-8-16)22-30-20-10-9-17(13-21(20)31-22)29-24(33)25(14-27)11-12-25/h1-10,13H,11-12H2,(H,28,32)(H,29,33)(H,30,31). The first-order valence-corrected chi connectivity index (χ1v) is 10.7. The van der Waals surface area contributed by atoms with Gasteiger partial charge in [0, 0.05) is 16.9 Å². The molecule has 1 saturated carbocycles. The van der Waals surface area contributed by atoms with E-state index >= 15 is 0 Å². The summed E-state index contributed by atoms with van der Waals surface area (Å²) in [5, 5.41) is 15.2. The Morgan fingerprint density at radius 2 is 1.73 bits per heavy atom. The molecule has 1 aliphatic carbocycles. The van der Waals surface area contributed by atoms with Crippen LogP contribution in [0, 0.1) is 16.7 Å². The van der Waals surface area contributed by atoms with Gasteiger partial charge >= 0.3 is 0 Å². The number of hydrogen-bond donors (Lipinski definition) is 3. The van der Waals surface area contributed by atoms with Crippen molar-refractivity contribution in [1.29, 1.82) is 5.26 Å². The Kier molecular flexibility index (Phi) is 5.08. The Labute approximate surface area is 194 Å². The van der Waals surface area contributed by atoms with Gasteiger partial charge in [0.25, 0.3) is 5.91 Å². The minimum Gasteiger partial charge on any atom is -0.338 e. The molecule has 1 heterocycles. The first-order chi connectivity index (χ1) is 16.0. The van der Waals surface area contributed by atoms with Gasteiger partial charge in [-0.15, -0.1) is 0 Å². The minimum absolute atomic E-state index is 0.265. The van der Waals surface area contributed by atoms with Crippen LogP contribution >= 0.6 is 11.6 Å². The highest BCUT2D eigenvalue weighted by Gasteiger charge is 2.50. The molecule has 0 bridgehead atoms. The summed E-state index contributed by atoms with van der Waals surface area (Å²) in [6, 6.07) is 21.6. The van der Waals surface area contributed by atoms with Crippen molar-refractivity contribution in [3.8, 4) is 17.5 Å². The highest BCUT2D eigenvalue weighted by atomic mass is 35.5. The van der Waals surface area contributed by atoms with Gasteiger partial charge in [-0.25, -0.2) is 4.98 Å². The van der Waals surface area contributed by atoms with Crippen molar-refractivity contribution in [3.63, 3.8) is 0 Å². The largest absolute Gasteiger partial charge is 0.338 e. The maximum Gasteiger partial charge on any atom is 0.257 e. The fraction of sp³-hybridized carbons (Fsp3) is 0.120. The number of imidazole rings is 1. The summed E-state index contributed by atoms with van der Waals surface area (Å²) in [5.74, 6) is 0.114. The van der Waals surface area contributed by atoms with Gasteiger partial charge in [0.1, 0.15) is 11.2 Å². The first kappa shape index (κ1) is 20.7. The number of nitriles is 1. The second-order valence-electron chi connectivity index (χ2n) is 7.98. The lowest BCUT2D eigenvalue weighted by molar-refractivity contribution is -0.119. The van der Waals surface area contributed by atoms with Crippen LogP contribution < -0.4 is 10.6 Å². The predicted octanol–water partition coefficient (Wildman–Crippen LogP) is 5.38. The molecule has 1 aliphatic rings. The summed E-state index contributed by atoms with van der Waals surface area (Å²) in [6.07, 6.45) is 1.20. The van der Waals surface area contributed by atoms with E-state index in [2.05, 4.69) is 26.7 Å². The Balaban J connectivity index is 1.32. The third kappa shape index (κ3) is 4.04. The lowest BCUT2D eigenvalue weighted by atomic mass is 10.1. The summed E-state index contributed by atoms with van der Waals surface area (Å²) in [5.41, 5.74) is 3.14. The molecule has 7 nitrogen and oxygen atoms in total. The SMILES string of the molecule is N#CC1(C(=O)Nc2ccc3nc(-c4ccc(NC(=O)c5ccccc5Cl)cc4)[nH]c3c2)CC1. The number of fused-ring (bicyclic) bond motifs is 1. The number of hydrogen-bond acceptors (Lipinski definition) is 4. The molecular formula is C25H18ClN5O2. The van der Waals surface area contributed by atoms with E-state index in [1.54, 1.807) is 48.5 Å². The molecular weight excluding hydrogens is 438 g/mol. The van der Waals surface area contributed by atoms with Crippen molar-refractivity contribution >= 4 is 45.8 Å². The first-order valence-electron chi connectivity index (χ1n) is 10.4. The normalized spacial score (nSPS) is 13.8. The minimum atomic E-state index is -0.878. The van der Waals surface area contributed by atoms with Crippen LogP contribution in [0.5, 0.6) is 0 Å². The average molecular weight is 456 g/mol. The third-order valence-electron chi connectivity index (χ3n) is 5.67. The van der Waals surface area contributed by atoms with E-state index < -0.39 is 5.41 Å². The molecule has 0 spiro atoms. The van der Waals surface area contributed by atoms with Gasteiger partial charge in [-0.1, -0.05) is 23.7 Å². The molecule has 0 aliphatic heterocycles. The van der Waals surface area contributed by atoms with Crippen LogP contribution in [-0.2, 0) is 4.79 Å². The molecule has 8 heteroatoms. The summed E-state index contributed by atoms with van der Waals surface area (Å²) < 4.78 is 0. The van der Waals surface area contributed by atoms with E-state index in [-0.39, 0.29) is 11.8 Å². The van der Waals surface area contributed by atoms with E-state index in [1.165, 1.54) is 0 Å². The molecule has 33 heavy (non-hydrogen) atoms. The molecule has 162 valence electrons. The number of benzene rings is 3. The fourth-order valence-electron chi connectivity index (χ4n) is 3.54. The van der Waals surface area contributed by atoms with Crippen LogP contribution in [0.4, 0.5) is 11.4 Å². The van der Waals surface area contributed by atoms with Crippen molar-refractivity contribution < 1.29 is 9.59 Å². The van der Waals surface area contributed by atoms with Crippen LogP contribution in [0.3, 0.4) is 0 Å². The van der Waals surface area contributed by atoms with Crippen LogP contribution in [0.25, 0.3) is 22.4 Å². The lowest BCUT2D eigenvalue weighted by Gasteiger charge is -2.07. The van der Waals surface area contributed by atoms with E-state index in [4.69, 9.17) is 11.6 Å². The van der Waals surface area contributed by atoms with E-state index in [9.17, 15) is 14.9 Å². The van der Waals surface area contributed by atoms with Gasteiger partial charge in [-0.05, 0) is 67.4 Å². The number of aromatic amines is 1. The number of halogens is 1. The number of rotatable bonds is 5. The van der Waals surface area contributed by atoms with Crippen molar-refractivity contribution in [2.75, 3.05) is 10.6 Å². The topological polar surface area (TPSA) is 111 Å². The molecule has 2 amide bonds. The van der Waals surface area contributed by atoms with Gasteiger partial charge < -0.3 is 15.6 Å². The zero-order valence-electron chi connectivity index (χ0n) is 17.4. The van der Waals surface area contributed by atoms with Crippen molar-refractivity contribution in [2.24, 2.45) is 5.41 Å². The Morgan fingerprint density at radius 1 is 1.00 bits per heavy atom. The Hall–Kier alpha value is -4.15. The second-order valence-corrected chi connectivity index (χ2v) is 8.38. The lowest BCUT2D eigenvalue weighted by Crippen LogP contribution is -2.22. The molecule has 1 fully saturated rings. The molecule has 0 saturated heterocycles. The predicted molar refractivity (Wildman–Crippen MR) is 127 cm³/mol. The van der Waals surface area contributed by atoms with Gasteiger partial charge in [-0.3, -0.25) is 9.59 Å². The second kappa shape index (κ2) is 8.08. The zero-order chi connectivity index (χ0) is 23.0. The van der Waals surface area contributed by atoms with E-state index in [1.807, 2.05) is 18.2 Å². The van der Waals surface area contributed by atoms with Crippen LogP contribution in [0.15, 0.2) is 66.7 Å². The maximum atomic E-state index is 12.4. The number of nitrogens with zero attached hydrogens (tertiary/aromatic N) is 2. The van der Waals surface area contributed by atoms with Crippen LogP contribution in [0.1, 0.15) is 23.2 Å². The molecule has 0 unspecified atom stereocenters. The molecule has 0 atom stereocenters. The fourth-order valence-corrected chi connectivity index (χ4v) is 3.77. The van der Waals surface area contributed by atoms with E-state index in [0.717, 1.165) is 16.6 Å².